The van der Waals surface area contributed by atoms with Gasteiger partial charge in [-0.2, -0.15) is 5.26 Å². The average molecular weight is 455 g/mol. The lowest BCUT2D eigenvalue weighted by Crippen LogP contribution is -2.01. The van der Waals surface area contributed by atoms with Crippen molar-refractivity contribution in [3.05, 3.63) is 93.0 Å². The molecule has 0 saturated carbocycles. The van der Waals surface area contributed by atoms with E-state index in [0.29, 0.717) is 45.9 Å². The summed E-state index contributed by atoms with van der Waals surface area (Å²) in [5.41, 5.74) is 2.98. The minimum absolute atomic E-state index is 0.189. The molecular weight excluding hydrogens is 435 g/mol. The molecule has 0 atom stereocenters. The van der Waals surface area contributed by atoms with E-state index in [9.17, 15) is 0 Å². The van der Waals surface area contributed by atoms with Crippen LogP contribution in [0.1, 0.15) is 29.2 Å². The molecule has 0 aromatic heterocycles. The SMILES string of the molecule is CCOc1cc(/C=N\OCc2ccccc2C#N)cc(Cl)c1OCc1ccc(Cl)cc1. The molecule has 3 aromatic rings. The topological polar surface area (TPSA) is 63.8 Å². The van der Waals surface area contributed by atoms with E-state index in [2.05, 4.69) is 11.2 Å². The lowest BCUT2D eigenvalue weighted by Gasteiger charge is -2.14. The highest BCUT2D eigenvalue weighted by atomic mass is 35.5. The highest BCUT2D eigenvalue weighted by molar-refractivity contribution is 6.32. The summed E-state index contributed by atoms with van der Waals surface area (Å²) < 4.78 is 11.6. The molecule has 0 saturated heterocycles. The third-order valence-corrected chi connectivity index (χ3v) is 4.80. The van der Waals surface area contributed by atoms with Gasteiger partial charge in [0.25, 0.3) is 0 Å². The van der Waals surface area contributed by atoms with Gasteiger partial charge in [0.2, 0.25) is 0 Å². The molecule has 5 nitrogen and oxygen atoms in total. The van der Waals surface area contributed by atoms with Crippen molar-refractivity contribution in [2.75, 3.05) is 6.61 Å². The third kappa shape index (κ3) is 6.39. The highest BCUT2D eigenvalue weighted by Crippen LogP contribution is 2.37. The summed E-state index contributed by atoms with van der Waals surface area (Å²) >= 11 is 12.4. The van der Waals surface area contributed by atoms with Crippen LogP contribution in [0.2, 0.25) is 10.0 Å². The zero-order valence-corrected chi connectivity index (χ0v) is 18.4. The van der Waals surface area contributed by atoms with E-state index in [1.165, 1.54) is 6.21 Å². The van der Waals surface area contributed by atoms with E-state index in [0.717, 1.165) is 11.1 Å². The second kappa shape index (κ2) is 11.3. The lowest BCUT2D eigenvalue weighted by atomic mass is 10.1. The van der Waals surface area contributed by atoms with Gasteiger partial charge in [-0.3, -0.25) is 0 Å². The summed E-state index contributed by atoms with van der Waals surface area (Å²) in [6.07, 6.45) is 1.53. The zero-order chi connectivity index (χ0) is 22.1. The first-order valence-corrected chi connectivity index (χ1v) is 10.3. The van der Waals surface area contributed by atoms with E-state index in [1.807, 2.05) is 31.2 Å². The van der Waals surface area contributed by atoms with Crippen LogP contribution in [0, 0.1) is 11.3 Å². The Morgan fingerprint density at radius 3 is 2.52 bits per heavy atom. The molecule has 0 heterocycles. The largest absolute Gasteiger partial charge is 0.490 e. The molecule has 3 rings (SSSR count). The number of ether oxygens (including phenoxy) is 2. The van der Waals surface area contributed by atoms with Crippen molar-refractivity contribution >= 4 is 29.4 Å². The van der Waals surface area contributed by atoms with Gasteiger partial charge in [0.1, 0.15) is 13.2 Å². The van der Waals surface area contributed by atoms with Gasteiger partial charge in [-0.25, -0.2) is 0 Å². The Morgan fingerprint density at radius 1 is 1.00 bits per heavy atom. The smallest absolute Gasteiger partial charge is 0.180 e. The molecule has 0 spiro atoms. The quantitative estimate of drug-likeness (QED) is 0.277. The van der Waals surface area contributed by atoms with Gasteiger partial charge >= 0.3 is 0 Å². The number of nitrogens with zero attached hydrogens (tertiary/aromatic N) is 2. The van der Waals surface area contributed by atoms with Crippen LogP contribution in [0.15, 0.2) is 65.8 Å². The zero-order valence-electron chi connectivity index (χ0n) is 16.8. The van der Waals surface area contributed by atoms with Gasteiger partial charge in [-0.1, -0.05) is 58.7 Å². The fourth-order valence-electron chi connectivity index (χ4n) is 2.76. The van der Waals surface area contributed by atoms with Gasteiger partial charge in [0.05, 0.1) is 29.5 Å². The van der Waals surface area contributed by atoms with Crippen molar-refractivity contribution in [1.29, 1.82) is 5.26 Å². The van der Waals surface area contributed by atoms with Crippen molar-refractivity contribution in [2.24, 2.45) is 5.16 Å². The lowest BCUT2D eigenvalue weighted by molar-refractivity contribution is 0.132. The second-order valence-corrected chi connectivity index (χ2v) is 7.30. The maximum Gasteiger partial charge on any atom is 0.180 e. The van der Waals surface area contributed by atoms with Gasteiger partial charge < -0.3 is 14.3 Å². The summed E-state index contributed by atoms with van der Waals surface area (Å²) in [4.78, 5) is 5.34. The molecule has 0 aliphatic heterocycles. The predicted octanol–water partition coefficient (Wildman–Crippen LogP) is 6.39. The van der Waals surface area contributed by atoms with Crippen molar-refractivity contribution in [3.8, 4) is 17.6 Å². The van der Waals surface area contributed by atoms with Crippen LogP contribution in [-0.4, -0.2) is 12.8 Å². The number of rotatable bonds is 9. The van der Waals surface area contributed by atoms with Crippen molar-refractivity contribution in [2.45, 2.75) is 20.1 Å². The predicted molar refractivity (Wildman–Crippen MR) is 122 cm³/mol. The Labute approximate surface area is 191 Å². The van der Waals surface area contributed by atoms with E-state index < -0.39 is 0 Å². The van der Waals surface area contributed by atoms with Gasteiger partial charge in [-0.05, 0) is 42.8 Å². The summed E-state index contributed by atoms with van der Waals surface area (Å²) in [7, 11) is 0. The first-order chi connectivity index (χ1) is 15.1. The Balaban J connectivity index is 1.69. The van der Waals surface area contributed by atoms with Crippen LogP contribution in [-0.2, 0) is 18.1 Å². The Bertz CT molecular complexity index is 1090. The van der Waals surface area contributed by atoms with Crippen LogP contribution in [0.3, 0.4) is 0 Å². The molecule has 0 aliphatic carbocycles. The summed E-state index contributed by atoms with van der Waals surface area (Å²) in [5.74, 6) is 0.972. The van der Waals surface area contributed by atoms with Gasteiger partial charge in [0.15, 0.2) is 11.5 Å². The first-order valence-electron chi connectivity index (χ1n) is 9.57. The molecule has 158 valence electrons. The van der Waals surface area contributed by atoms with Crippen molar-refractivity contribution in [1.82, 2.24) is 0 Å². The van der Waals surface area contributed by atoms with Crippen LogP contribution in [0.25, 0.3) is 0 Å². The van der Waals surface area contributed by atoms with Gasteiger partial charge in [0, 0.05) is 16.1 Å². The molecule has 3 aromatic carbocycles. The van der Waals surface area contributed by atoms with Gasteiger partial charge in [-0.15, -0.1) is 0 Å². The Morgan fingerprint density at radius 2 is 1.77 bits per heavy atom. The monoisotopic (exact) mass is 454 g/mol. The molecule has 0 aliphatic rings. The minimum Gasteiger partial charge on any atom is -0.490 e. The fourth-order valence-corrected chi connectivity index (χ4v) is 3.16. The van der Waals surface area contributed by atoms with Crippen molar-refractivity contribution < 1.29 is 14.3 Å². The first kappa shape index (κ1) is 22.5. The minimum atomic E-state index is 0.189. The summed E-state index contributed by atoms with van der Waals surface area (Å²) in [6, 6.07) is 20.2. The van der Waals surface area contributed by atoms with E-state index in [-0.39, 0.29) is 6.61 Å². The molecular formula is C24H20Cl2N2O3. The van der Waals surface area contributed by atoms with Crippen LogP contribution < -0.4 is 9.47 Å². The van der Waals surface area contributed by atoms with Crippen LogP contribution in [0.4, 0.5) is 0 Å². The van der Waals surface area contributed by atoms with E-state index >= 15 is 0 Å². The second-order valence-electron chi connectivity index (χ2n) is 6.46. The molecule has 7 heteroatoms. The number of halogens is 2. The molecule has 31 heavy (non-hydrogen) atoms. The number of hydrogen-bond donors (Lipinski definition) is 0. The standard InChI is InChI=1S/C24H20Cl2N2O3/c1-2-29-23-12-18(14-28-31-16-20-6-4-3-5-19(20)13-27)11-22(26)24(23)30-15-17-7-9-21(25)10-8-17/h3-12,14H,2,15-16H2,1H3/b28-14-. The third-order valence-electron chi connectivity index (χ3n) is 4.26. The Hall–Kier alpha value is -3.20. The number of benzene rings is 3. The summed E-state index contributed by atoms with van der Waals surface area (Å²) in [6.45, 7) is 2.85. The van der Waals surface area contributed by atoms with Crippen molar-refractivity contribution in [3.63, 3.8) is 0 Å². The molecule has 0 fully saturated rings. The normalized spacial score (nSPS) is 10.6. The molecule has 0 amide bonds. The number of nitriles is 1. The molecule has 0 radical (unpaired) electrons. The molecule has 0 N–H and O–H groups in total. The Kier molecular flexibility index (Phi) is 8.17. The number of oxime groups is 1. The van der Waals surface area contributed by atoms with Crippen LogP contribution >= 0.6 is 23.2 Å². The van der Waals surface area contributed by atoms with Crippen LogP contribution in [0.5, 0.6) is 11.5 Å². The molecule has 0 unspecified atom stereocenters. The number of hydrogen-bond acceptors (Lipinski definition) is 5. The van der Waals surface area contributed by atoms with E-state index in [1.54, 1.807) is 36.4 Å². The maximum atomic E-state index is 9.13. The average Bonchev–Trinajstić information content (AvgIpc) is 2.78. The van der Waals surface area contributed by atoms with E-state index in [4.69, 9.17) is 42.8 Å². The maximum absolute atomic E-state index is 9.13. The molecule has 0 bridgehead atoms. The fraction of sp³-hybridized carbons (Fsp3) is 0.167. The highest BCUT2D eigenvalue weighted by Gasteiger charge is 2.13. The summed E-state index contributed by atoms with van der Waals surface area (Å²) in [5, 5.41) is 14.2.